The van der Waals surface area contributed by atoms with Gasteiger partial charge in [-0.05, 0) is 29.7 Å². The van der Waals surface area contributed by atoms with Gasteiger partial charge in [-0.3, -0.25) is 4.89 Å². The summed E-state index contributed by atoms with van der Waals surface area (Å²) in [5.74, 6) is -0.505. The maximum Gasteiger partial charge on any atom is 0.373 e. The van der Waals surface area contributed by atoms with Crippen LogP contribution in [0.3, 0.4) is 0 Å². The minimum absolute atomic E-state index is 0.230. The summed E-state index contributed by atoms with van der Waals surface area (Å²) in [6, 6.07) is 17.2. The molecular formula is C18H20O4. The molecule has 4 heteroatoms. The van der Waals surface area contributed by atoms with Crippen LogP contribution in [0.5, 0.6) is 0 Å². The second kappa shape index (κ2) is 8.97. The fraction of sp³-hybridized carbons (Fsp3) is 0.278. The lowest BCUT2D eigenvalue weighted by atomic mass is 10.0. The summed E-state index contributed by atoms with van der Waals surface area (Å²) in [7, 11) is 0. The van der Waals surface area contributed by atoms with Crippen LogP contribution < -0.4 is 0 Å². The largest absolute Gasteiger partial charge is 0.379 e. The smallest absolute Gasteiger partial charge is 0.373 e. The van der Waals surface area contributed by atoms with Gasteiger partial charge in [0.15, 0.2) is 0 Å². The van der Waals surface area contributed by atoms with E-state index in [0.717, 1.165) is 17.5 Å². The Labute approximate surface area is 130 Å². The Kier molecular flexibility index (Phi) is 6.61. The first-order chi connectivity index (χ1) is 10.8. The van der Waals surface area contributed by atoms with Gasteiger partial charge in [0.25, 0.3) is 0 Å². The molecule has 0 aromatic heterocycles. The molecule has 0 aliphatic rings. The van der Waals surface area contributed by atoms with Crippen LogP contribution in [0.15, 0.2) is 54.6 Å². The van der Waals surface area contributed by atoms with Crippen LogP contribution in [-0.4, -0.2) is 25.8 Å². The monoisotopic (exact) mass is 300 g/mol. The molecule has 0 fully saturated rings. The number of ether oxygens (including phenoxy) is 1. The molecule has 4 nitrogen and oxygen atoms in total. The molecule has 0 atom stereocenters. The van der Waals surface area contributed by atoms with Gasteiger partial charge in [0.2, 0.25) is 0 Å². The van der Waals surface area contributed by atoms with E-state index in [-0.39, 0.29) is 6.61 Å². The summed E-state index contributed by atoms with van der Waals surface area (Å²) in [4.78, 5) is 21.4. The topological polar surface area (TPSA) is 44.8 Å². The van der Waals surface area contributed by atoms with Crippen LogP contribution in [0.4, 0.5) is 0 Å². The Morgan fingerprint density at radius 2 is 1.55 bits per heavy atom. The van der Waals surface area contributed by atoms with E-state index in [1.165, 1.54) is 0 Å². The maximum atomic E-state index is 11.8. The van der Waals surface area contributed by atoms with Crippen LogP contribution in [0.1, 0.15) is 23.7 Å². The third-order valence-corrected chi connectivity index (χ3v) is 3.02. The molecule has 2 rings (SSSR count). The van der Waals surface area contributed by atoms with Gasteiger partial charge in [-0.1, -0.05) is 49.4 Å². The van der Waals surface area contributed by atoms with Crippen LogP contribution in [0, 0.1) is 0 Å². The van der Waals surface area contributed by atoms with E-state index in [9.17, 15) is 4.79 Å². The van der Waals surface area contributed by atoms with E-state index in [2.05, 4.69) is 0 Å². The summed E-state index contributed by atoms with van der Waals surface area (Å²) in [5.41, 5.74) is 2.60. The fourth-order valence-corrected chi connectivity index (χ4v) is 1.91. The quantitative estimate of drug-likeness (QED) is 0.422. The van der Waals surface area contributed by atoms with Gasteiger partial charge in [0.05, 0.1) is 12.2 Å². The van der Waals surface area contributed by atoms with Crippen LogP contribution in [-0.2, 0) is 14.5 Å². The number of hydrogen-bond donors (Lipinski definition) is 0. The number of carbonyl (C=O) groups excluding carboxylic acids is 1. The van der Waals surface area contributed by atoms with Crippen LogP contribution in [0.25, 0.3) is 11.1 Å². The van der Waals surface area contributed by atoms with E-state index in [1.54, 1.807) is 12.1 Å². The molecule has 2 aromatic carbocycles. The van der Waals surface area contributed by atoms with Crippen molar-refractivity contribution in [2.24, 2.45) is 0 Å². The highest BCUT2D eigenvalue weighted by atomic mass is 17.2. The lowest BCUT2D eigenvalue weighted by molar-refractivity contribution is -0.247. The molecule has 0 aliphatic heterocycles. The van der Waals surface area contributed by atoms with Gasteiger partial charge < -0.3 is 4.74 Å². The van der Waals surface area contributed by atoms with E-state index in [1.807, 2.05) is 49.4 Å². The SMILES string of the molecule is CCCOCCOOC(=O)c1ccc(-c2ccccc2)cc1. The third kappa shape index (κ3) is 4.98. The van der Waals surface area contributed by atoms with Crippen molar-refractivity contribution in [3.05, 3.63) is 60.2 Å². The van der Waals surface area contributed by atoms with E-state index >= 15 is 0 Å². The van der Waals surface area contributed by atoms with Crippen LogP contribution in [0.2, 0.25) is 0 Å². The molecule has 0 N–H and O–H groups in total. The summed E-state index contributed by atoms with van der Waals surface area (Å²) < 4.78 is 5.22. The molecule has 116 valence electrons. The number of carbonyl (C=O) groups is 1. The summed E-state index contributed by atoms with van der Waals surface area (Å²) >= 11 is 0. The predicted molar refractivity (Wildman–Crippen MR) is 84.4 cm³/mol. The zero-order valence-electron chi connectivity index (χ0n) is 12.7. The van der Waals surface area contributed by atoms with Gasteiger partial charge in [0, 0.05) is 6.61 Å². The minimum Gasteiger partial charge on any atom is -0.379 e. The summed E-state index contributed by atoms with van der Waals surface area (Å²) in [6.07, 6.45) is 0.952. The molecule has 0 spiro atoms. The van der Waals surface area contributed by atoms with Crippen molar-refractivity contribution in [3.63, 3.8) is 0 Å². The Bertz CT molecular complexity index is 563. The molecule has 0 radical (unpaired) electrons. The molecule has 0 heterocycles. The lowest BCUT2D eigenvalue weighted by Gasteiger charge is -2.05. The molecule has 0 amide bonds. The van der Waals surface area contributed by atoms with Crippen molar-refractivity contribution in [1.82, 2.24) is 0 Å². The highest BCUT2D eigenvalue weighted by Gasteiger charge is 2.08. The second-order valence-electron chi connectivity index (χ2n) is 4.75. The Balaban J connectivity index is 1.81. The number of rotatable bonds is 8. The van der Waals surface area contributed by atoms with Gasteiger partial charge in [-0.2, -0.15) is 4.89 Å². The molecular weight excluding hydrogens is 280 g/mol. The lowest BCUT2D eigenvalue weighted by Crippen LogP contribution is -2.10. The van der Waals surface area contributed by atoms with Crippen LogP contribution >= 0.6 is 0 Å². The van der Waals surface area contributed by atoms with Crippen molar-refractivity contribution >= 4 is 5.97 Å². The number of benzene rings is 2. The first kappa shape index (κ1) is 16.2. The maximum absolute atomic E-state index is 11.8. The first-order valence-corrected chi connectivity index (χ1v) is 7.38. The average molecular weight is 300 g/mol. The number of hydrogen-bond acceptors (Lipinski definition) is 4. The van der Waals surface area contributed by atoms with Crippen molar-refractivity contribution < 1.29 is 19.3 Å². The Morgan fingerprint density at radius 3 is 2.23 bits per heavy atom. The molecule has 0 aliphatic carbocycles. The van der Waals surface area contributed by atoms with Gasteiger partial charge in [0.1, 0.15) is 6.61 Å². The molecule has 0 bridgehead atoms. The summed E-state index contributed by atoms with van der Waals surface area (Å²) in [6.45, 7) is 3.35. The fourth-order valence-electron chi connectivity index (χ4n) is 1.91. The normalized spacial score (nSPS) is 10.4. The molecule has 0 saturated carbocycles. The van der Waals surface area contributed by atoms with Crippen molar-refractivity contribution in [1.29, 1.82) is 0 Å². The highest BCUT2D eigenvalue weighted by Crippen LogP contribution is 2.19. The van der Waals surface area contributed by atoms with Crippen molar-refractivity contribution in [2.75, 3.05) is 19.8 Å². The summed E-state index contributed by atoms with van der Waals surface area (Å²) in [5, 5.41) is 0. The van der Waals surface area contributed by atoms with Crippen molar-refractivity contribution in [2.45, 2.75) is 13.3 Å². The predicted octanol–water partition coefficient (Wildman–Crippen LogP) is 3.87. The van der Waals surface area contributed by atoms with E-state index in [0.29, 0.717) is 18.8 Å². The van der Waals surface area contributed by atoms with E-state index < -0.39 is 5.97 Å². The zero-order chi connectivity index (χ0) is 15.6. The Hall–Kier alpha value is -2.17. The van der Waals surface area contributed by atoms with E-state index in [4.69, 9.17) is 14.5 Å². The average Bonchev–Trinajstić information content (AvgIpc) is 2.59. The van der Waals surface area contributed by atoms with Crippen molar-refractivity contribution in [3.8, 4) is 11.1 Å². The molecule has 2 aromatic rings. The molecule has 0 saturated heterocycles. The second-order valence-corrected chi connectivity index (χ2v) is 4.75. The first-order valence-electron chi connectivity index (χ1n) is 7.38. The highest BCUT2D eigenvalue weighted by molar-refractivity contribution is 5.89. The molecule has 0 unspecified atom stereocenters. The minimum atomic E-state index is -0.505. The molecule has 22 heavy (non-hydrogen) atoms. The Morgan fingerprint density at radius 1 is 0.864 bits per heavy atom. The van der Waals surface area contributed by atoms with Gasteiger partial charge >= 0.3 is 5.97 Å². The van der Waals surface area contributed by atoms with Gasteiger partial charge in [-0.15, -0.1) is 0 Å². The third-order valence-electron chi connectivity index (χ3n) is 3.02. The standard InChI is InChI=1S/C18H20O4/c1-2-12-20-13-14-21-22-18(19)17-10-8-16(9-11-17)15-6-4-3-5-7-15/h3-11H,2,12-14H2,1H3. The zero-order valence-corrected chi connectivity index (χ0v) is 12.7. The van der Waals surface area contributed by atoms with Gasteiger partial charge in [-0.25, -0.2) is 4.79 Å².